The van der Waals surface area contributed by atoms with Crippen LogP contribution < -0.4 is 10.5 Å². The number of ether oxygens (including phenoxy) is 1. The van der Waals surface area contributed by atoms with Gasteiger partial charge in [-0.3, -0.25) is 0 Å². The van der Waals surface area contributed by atoms with Gasteiger partial charge in [-0.15, -0.1) is 13.2 Å². The van der Waals surface area contributed by atoms with Crippen molar-refractivity contribution in [1.29, 1.82) is 0 Å². The van der Waals surface area contributed by atoms with Crippen molar-refractivity contribution in [3.05, 3.63) is 65.0 Å². The lowest BCUT2D eigenvalue weighted by molar-refractivity contribution is -0.274. The van der Waals surface area contributed by atoms with Crippen LogP contribution in [0.25, 0.3) is 0 Å². The number of rotatable bonds is 3. The lowest BCUT2D eigenvalue weighted by atomic mass is 9.95. The number of benzene rings is 2. The number of alkyl halides is 3. The smallest absolute Gasteiger partial charge is 0.406 e. The molecule has 2 aromatic rings. The Bertz CT molecular complexity index is 623. The number of hydrogen-bond donors (Lipinski definition) is 1. The van der Waals surface area contributed by atoms with Crippen LogP contribution in [-0.4, -0.2) is 6.36 Å². The van der Waals surface area contributed by atoms with E-state index in [0.29, 0.717) is 16.7 Å². The Labute approximate surface area is 119 Å². The summed E-state index contributed by atoms with van der Waals surface area (Å²) in [5.41, 5.74) is 7.60. The summed E-state index contributed by atoms with van der Waals surface area (Å²) >= 11 is 0. The van der Waals surface area contributed by atoms with Crippen LogP contribution in [0.1, 0.15) is 22.7 Å². The van der Waals surface area contributed by atoms with Gasteiger partial charge in [-0.1, -0.05) is 24.3 Å². The predicted molar refractivity (Wildman–Crippen MR) is 70.3 cm³/mol. The van der Waals surface area contributed by atoms with Gasteiger partial charge in [0.1, 0.15) is 11.6 Å². The van der Waals surface area contributed by atoms with E-state index in [1.807, 2.05) is 0 Å². The first kappa shape index (κ1) is 15.3. The topological polar surface area (TPSA) is 35.2 Å². The van der Waals surface area contributed by atoms with Crippen molar-refractivity contribution >= 4 is 0 Å². The predicted octanol–water partition coefficient (Wildman–Crippen LogP) is 4.08. The lowest BCUT2D eigenvalue weighted by Crippen LogP contribution is -2.17. The Morgan fingerprint density at radius 1 is 1.05 bits per heavy atom. The zero-order valence-electron chi connectivity index (χ0n) is 11.1. The fraction of sp³-hybridized carbons (Fsp3) is 0.200. The van der Waals surface area contributed by atoms with E-state index in [2.05, 4.69) is 4.74 Å². The molecule has 0 aliphatic heterocycles. The van der Waals surface area contributed by atoms with Gasteiger partial charge >= 0.3 is 6.36 Å². The number of hydrogen-bond acceptors (Lipinski definition) is 2. The standard InChI is InChI=1S/C15H13F4NO/c1-9-12(3-2-4-13(9)16)14(20)10-5-7-11(8-6-10)21-15(17,18)19/h2-8,14H,20H2,1H3/t14-/m1/s1. The average molecular weight is 299 g/mol. The molecule has 2 rings (SSSR count). The Kier molecular flexibility index (Phi) is 4.18. The molecule has 2 aromatic carbocycles. The van der Waals surface area contributed by atoms with Gasteiger partial charge in [0, 0.05) is 0 Å². The highest BCUT2D eigenvalue weighted by atomic mass is 19.4. The molecule has 0 aromatic heterocycles. The number of halogens is 4. The molecular formula is C15H13F4NO. The van der Waals surface area contributed by atoms with Crippen molar-refractivity contribution in [2.75, 3.05) is 0 Å². The van der Waals surface area contributed by atoms with Crippen LogP contribution in [0, 0.1) is 12.7 Å². The molecule has 2 nitrogen and oxygen atoms in total. The highest BCUT2D eigenvalue weighted by Crippen LogP contribution is 2.27. The van der Waals surface area contributed by atoms with E-state index in [0.717, 1.165) is 0 Å². The van der Waals surface area contributed by atoms with Crippen LogP contribution in [0.3, 0.4) is 0 Å². The summed E-state index contributed by atoms with van der Waals surface area (Å²) in [6.07, 6.45) is -4.73. The van der Waals surface area contributed by atoms with E-state index in [-0.39, 0.29) is 11.6 Å². The molecule has 21 heavy (non-hydrogen) atoms. The molecule has 0 heterocycles. The fourth-order valence-electron chi connectivity index (χ4n) is 2.02. The molecule has 0 radical (unpaired) electrons. The minimum Gasteiger partial charge on any atom is -0.406 e. The molecule has 0 bridgehead atoms. The molecule has 0 saturated carbocycles. The van der Waals surface area contributed by atoms with E-state index >= 15 is 0 Å². The first-order valence-electron chi connectivity index (χ1n) is 6.14. The zero-order valence-corrected chi connectivity index (χ0v) is 11.1. The van der Waals surface area contributed by atoms with Crippen molar-refractivity contribution in [3.63, 3.8) is 0 Å². The highest BCUT2D eigenvalue weighted by Gasteiger charge is 2.31. The van der Waals surface area contributed by atoms with E-state index in [9.17, 15) is 17.6 Å². The Morgan fingerprint density at radius 3 is 2.24 bits per heavy atom. The third kappa shape index (κ3) is 3.72. The molecule has 1 atom stereocenters. The average Bonchev–Trinajstić information content (AvgIpc) is 2.40. The van der Waals surface area contributed by atoms with Crippen LogP contribution in [0.4, 0.5) is 17.6 Å². The maximum atomic E-state index is 13.5. The normalized spacial score (nSPS) is 13.0. The molecule has 0 aliphatic carbocycles. The van der Waals surface area contributed by atoms with Gasteiger partial charge < -0.3 is 10.5 Å². The van der Waals surface area contributed by atoms with Crippen molar-refractivity contribution < 1.29 is 22.3 Å². The first-order chi connectivity index (χ1) is 9.78. The second kappa shape index (κ2) is 5.73. The van der Waals surface area contributed by atoms with Crippen LogP contribution in [0.5, 0.6) is 5.75 Å². The molecule has 0 fully saturated rings. The quantitative estimate of drug-likeness (QED) is 0.867. The van der Waals surface area contributed by atoms with Crippen molar-refractivity contribution in [3.8, 4) is 5.75 Å². The summed E-state index contributed by atoms with van der Waals surface area (Å²) in [7, 11) is 0. The molecule has 0 spiro atoms. The van der Waals surface area contributed by atoms with Crippen molar-refractivity contribution in [2.24, 2.45) is 5.73 Å². The Balaban J connectivity index is 2.24. The number of nitrogens with two attached hydrogens (primary N) is 1. The first-order valence-corrected chi connectivity index (χ1v) is 6.14. The van der Waals surface area contributed by atoms with Crippen LogP contribution >= 0.6 is 0 Å². The van der Waals surface area contributed by atoms with Crippen LogP contribution in [0.15, 0.2) is 42.5 Å². The third-order valence-electron chi connectivity index (χ3n) is 3.12. The van der Waals surface area contributed by atoms with Gasteiger partial charge in [-0.2, -0.15) is 0 Å². The van der Waals surface area contributed by atoms with Crippen molar-refractivity contribution in [1.82, 2.24) is 0 Å². The Hall–Kier alpha value is -2.08. The monoisotopic (exact) mass is 299 g/mol. The van der Waals surface area contributed by atoms with Crippen LogP contribution in [0.2, 0.25) is 0 Å². The van der Waals surface area contributed by atoms with Gasteiger partial charge in [0.2, 0.25) is 0 Å². The molecule has 0 unspecified atom stereocenters. The van der Waals surface area contributed by atoms with Gasteiger partial charge in [0.15, 0.2) is 0 Å². The van der Waals surface area contributed by atoms with E-state index in [4.69, 9.17) is 5.73 Å². The summed E-state index contributed by atoms with van der Waals surface area (Å²) < 4.78 is 53.5. The maximum absolute atomic E-state index is 13.5. The Morgan fingerprint density at radius 2 is 1.67 bits per heavy atom. The minimum atomic E-state index is -4.73. The minimum absolute atomic E-state index is 0.325. The van der Waals surface area contributed by atoms with Gasteiger partial charge in [-0.25, -0.2) is 4.39 Å². The van der Waals surface area contributed by atoms with Gasteiger partial charge in [0.25, 0.3) is 0 Å². The summed E-state index contributed by atoms with van der Waals surface area (Å²) in [5.74, 6) is -0.700. The van der Waals surface area contributed by atoms with Gasteiger partial charge in [-0.05, 0) is 41.8 Å². The highest BCUT2D eigenvalue weighted by molar-refractivity contribution is 5.39. The molecule has 0 amide bonds. The zero-order chi connectivity index (χ0) is 15.6. The van der Waals surface area contributed by atoms with E-state index in [1.54, 1.807) is 19.1 Å². The van der Waals surface area contributed by atoms with Crippen LogP contribution in [-0.2, 0) is 0 Å². The summed E-state index contributed by atoms with van der Waals surface area (Å²) in [5, 5.41) is 0. The second-order valence-electron chi connectivity index (χ2n) is 4.55. The van der Waals surface area contributed by atoms with Gasteiger partial charge in [0.05, 0.1) is 6.04 Å². The molecule has 112 valence electrons. The summed E-state index contributed by atoms with van der Waals surface area (Å²) in [4.78, 5) is 0. The third-order valence-corrected chi connectivity index (χ3v) is 3.12. The van der Waals surface area contributed by atoms with Crippen molar-refractivity contribution in [2.45, 2.75) is 19.3 Å². The van der Waals surface area contributed by atoms with E-state index in [1.165, 1.54) is 30.3 Å². The molecule has 2 N–H and O–H groups in total. The largest absolute Gasteiger partial charge is 0.573 e. The molecular weight excluding hydrogens is 286 g/mol. The maximum Gasteiger partial charge on any atom is 0.573 e. The summed E-state index contributed by atoms with van der Waals surface area (Å²) in [6, 6.07) is 9.13. The molecule has 6 heteroatoms. The fourth-order valence-corrected chi connectivity index (χ4v) is 2.02. The van der Waals surface area contributed by atoms with E-state index < -0.39 is 12.4 Å². The lowest BCUT2D eigenvalue weighted by Gasteiger charge is -2.16. The SMILES string of the molecule is Cc1c(F)cccc1[C@H](N)c1ccc(OC(F)(F)F)cc1. The molecule has 0 saturated heterocycles. The molecule has 0 aliphatic rings. The summed E-state index contributed by atoms with van der Waals surface area (Å²) in [6.45, 7) is 1.60. The second-order valence-corrected chi connectivity index (χ2v) is 4.55.